The highest BCUT2D eigenvalue weighted by atomic mass is 16.5. The van der Waals surface area contributed by atoms with Crippen LogP contribution in [0.3, 0.4) is 0 Å². The highest BCUT2D eigenvalue weighted by Crippen LogP contribution is 2.20. The molecule has 0 aromatic carbocycles. The Labute approximate surface area is 174 Å². The minimum absolute atomic E-state index is 0.00218. The van der Waals surface area contributed by atoms with Crippen molar-refractivity contribution in [3.8, 4) is 0 Å². The van der Waals surface area contributed by atoms with Gasteiger partial charge in [-0.2, -0.15) is 0 Å². The van der Waals surface area contributed by atoms with Crippen LogP contribution in [0.2, 0.25) is 0 Å². The lowest BCUT2D eigenvalue weighted by atomic mass is 9.93. The van der Waals surface area contributed by atoms with Gasteiger partial charge in [0.2, 0.25) is 0 Å². The van der Waals surface area contributed by atoms with Gasteiger partial charge in [0, 0.05) is 19.6 Å². The number of nitrogens with one attached hydrogen (secondary N) is 1. The molecule has 2 atom stereocenters. The van der Waals surface area contributed by atoms with E-state index in [2.05, 4.69) is 12.2 Å². The summed E-state index contributed by atoms with van der Waals surface area (Å²) >= 11 is 0. The van der Waals surface area contributed by atoms with Crippen molar-refractivity contribution in [3.63, 3.8) is 0 Å². The zero-order valence-electron chi connectivity index (χ0n) is 18.8. The second-order valence-corrected chi connectivity index (χ2v) is 8.53. The summed E-state index contributed by atoms with van der Waals surface area (Å²) in [6.07, 6.45) is 20.6. The molecule has 1 saturated carbocycles. The molecule has 1 fully saturated rings. The number of unbranched alkanes of at least 4 members (excludes halogenated alkanes) is 10. The third-order valence-electron chi connectivity index (χ3n) is 5.96. The van der Waals surface area contributed by atoms with Crippen LogP contribution in [-0.4, -0.2) is 38.4 Å². The van der Waals surface area contributed by atoms with Gasteiger partial charge in [-0.05, 0) is 51.5 Å². The SMILES string of the molecule is CCCCCCCCCOC(=O)CCCCCCCNC1CCCC(OC)C1. The summed E-state index contributed by atoms with van der Waals surface area (Å²) in [5, 5.41) is 3.69. The molecule has 0 saturated heterocycles. The Morgan fingerprint density at radius 2 is 1.57 bits per heavy atom. The molecule has 1 aliphatic carbocycles. The molecule has 0 radical (unpaired) electrons. The largest absolute Gasteiger partial charge is 0.466 e. The van der Waals surface area contributed by atoms with Gasteiger partial charge in [-0.25, -0.2) is 0 Å². The van der Waals surface area contributed by atoms with Gasteiger partial charge in [0.25, 0.3) is 0 Å². The Balaban J connectivity index is 1.80. The Morgan fingerprint density at radius 1 is 0.893 bits per heavy atom. The van der Waals surface area contributed by atoms with Crippen LogP contribution in [0.1, 0.15) is 116 Å². The van der Waals surface area contributed by atoms with E-state index in [1.807, 2.05) is 7.11 Å². The van der Waals surface area contributed by atoms with Crippen LogP contribution >= 0.6 is 0 Å². The summed E-state index contributed by atoms with van der Waals surface area (Å²) < 4.78 is 10.8. The van der Waals surface area contributed by atoms with Crippen LogP contribution in [0.5, 0.6) is 0 Å². The zero-order chi connectivity index (χ0) is 20.3. The van der Waals surface area contributed by atoms with Crippen molar-refractivity contribution in [2.75, 3.05) is 20.3 Å². The predicted molar refractivity (Wildman–Crippen MR) is 118 cm³/mol. The number of hydrogen-bond acceptors (Lipinski definition) is 4. The number of esters is 1. The highest BCUT2D eigenvalue weighted by Gasteiger charge is 2.20. The van der Waals surface area contributed by atoms with Crippen molar-refractivity contribution in [3.05, 3.63) is 0 Å². The number of methoxy groups -OCH3 is 1. The summed E-state index contributed by atoms with van der Waals surface area (Å²) in [6, 6.07) is 0.643. The minimum Gasteiger partial charge on any atom is -0.466 e. The molecule has 0 spiro atoms. The Bertz CT molecular complexity index is 362. The van der Waals surface area contributed by atoms with Crippen molar-refractivity contribution < 1.29 is 14.3 Å². The summed E-state index contributed by atoms with van der Waals surface area (Å²) in [5.74, 6) is -0.00218. The van der Waals surface area contributed by atoms with Gasteiger partial charge in [0.1, 0.15) is 0 Å². The highest BCUT2D eigenvalue weighted by molar-refractivity contribution is 5.69. The van der Waals surface area contributed by atoms with E-state index in [0.29, 0.717) is 25.2 Å². The predicted octanol–water partition coefficient (Wildman–Crippen LogP) is 6.17. The molecule has 0 aromatic rings. The first-order chi connectivity index (χ1) is 13.8. The molecule has 1 aliphatic rings. The van der Waals surface area contributed by atoms with Gasteiger partial charge in [0.05, 0.1) is 12.7 Å². The molecule has 0 bridgehead atoms. The third kappa shape index (κ3) is 14.4. The van der Waals surface area contributed by atoms with Crippen LogP contribution in [0.25, 0.3) is 0 Å². The van der Waals surface area contributed by atoms with Crippen molar-refractivity contribution in [2.24, 2.45) is 0 Å². The van der Waals surface area contributed by atoms with E-state index in [-0.39, 0.29) is 5.97 Å². The Hall–Kier alpha value is -0.610. The van der Waals surface area contributed by atoms with Crippen molar-refractivity contribution in [2.45, 2.75) is 128 Å². The van der Waals surface area contributed by atoms with Crippen molar-refractivity contribution in [1.29, 1.82) is 0 Å². The number of ether oxygens (including phenoxy) is 2. The van der Waals surface area contributed by atoms with Gasteiger partial charge in [-0.15, -0.1) is 0 Å². The number of rotatable bonds is 18. The zero-order valence-corrected chi connectivity index (χ0v) is 18.8. The second-order valence-electron chi connectivity index (χ2n) is 8.53. The number of carbonyl (C=O) groups is 1. The standard InChI is InChI=1S/C24H47NO3/c1-3-4-5-6-7-11-14-20-28-24(26)18-12-9-8-10-13-19-25-22-16-15-17-23(21-22)27-2/h22-23,25H,3-21H2,1-2H3. The fourth-order valence-electron chi connectivity index (χ4n) is 4.09. The lowest BCUT2D eigenvalue weighted by Gasteiger charge is -2.28. The molecule has 0 aromatic heterocycles. The smallest absolute Gasteiger partial charge is 0.305 e. The van der Waals surface area contributed by atoms with Gasteiger partial charge in [-0.3, -0.25) is 4.79 Å². The van der Waals surface area contributed by atoms with Gasteiger partial charge in [-0.1, -0.05) is 64.7 Å². The number of hydrogen-bond donors (Lipinski definition) is 1. The average molecular weight is 398 g/mol. The van der Waals surface area contributed by atoms with E-state index in [9.17, 15) is 4.79 Å². The topological polar surface area (TPSA) is 47.6 Å². The first-order valence-corrected chi connectivity index (χ1v) is 12.2. The van der Waals surface area contributed by atoms with E-state index in [0.717, 1.165) is 32.2 Å². The van der Waals surface area contributed by atoms with E-state index in [1.165, 1.54) is 77.0 Å². The molecule has 0 aliphatic heterocycles. The fourth-order valence-corrected chi connectivity index (χ4v) is 4.09. The van der Waals surface area contributed by atoms with Crippen LogP contribution in [0.15, 0.2) is 0 Å². The maximum atomic E-state index is 11.7. The molecule has 4 heteroatoms. The van der Waals surface area contributed by atoms with Gasteiger partial charge in [0.15, 0.2) is 0 Å². The van der Waals surface area contributed by atoms with Gasteiger partial charge < -0.3 is 14.8 Å². The molecule has 28 heavy (non-hydrogen) atoms. The Kier molecular flexibility index (Phi) is 16.7. The second kappa shape index (κ2) is 18.4. The molecule has 1 N–H and O–H groups in total. The molecule has 2 unspecified atom stereocenters. The number of carbonyl (C=O) groups excluding carboxylic acids is 1. The van der Waals surface area contributed by atoms with Crippen LogP contribution in [-0.2, 0) is 14.3 Å². The van der Waals surface area contributed by atoms with E-state index < -0.39 is 0 Å². The normalized spacial score (nSPS) is 19.6. The van der Waals surface area contributed by atoms with E-state index in [1.54, 1.807) is 0 Å². The lowest BCUT2D eigenvalue weighted by Crippen LogP contribution is -2.37. The molecule has 4 nitrogen and oxygen atoms in total. The molecule has 0 amide bonds. The summed E-state index contributed by atoms with van der Waals surface area (Å²) in [6.45, 7) is 3.97. The minimum atomic E-state index is -0.00218. The molecule has 0 heterocycles. The average Bonchev–Trinajstić information content (AvgIpc) is 2.72. The van der Waals surface area contributed by atoms with Crippen molar-refractivity contribution >= 4 is 5.97 Å². The first kappa shape index (κ1) is 25.4. The van der Waals surface area contributed by atoms with E-state index >= 15 is 0 Å². The third-order valence-corrected chi connectivity index (χ3v) is 5.96. The van der Waals surface area contributed by atoms with Crippen LogP contribution in [0.4, 0.5) is 0 Å². The van der Waals surface area contributed by atoms with Gasteiger partial charge >= 0.3 is 5.97 Å². The quantitative estimate of drug-likeness (QED) is 0.222. The fraction of sp³-hybridized carbons (Fsp3) is 0.958. The first-order valence-electron chi connectivity index (χ1n) is 12.2. The van der Waals surface area contributed by atoms with Crippen molar-refractivity contribution in [1.82, 2.24) is 5.32 Å². The maximum Gasteiger partial charge on any atom is 0.305 e. The molecular weight excluding hydrogens is 350 g/mol. The summed E-state index contributed by atoms with van der Waals surface area (Å²) in [4.78, 5) is 11.7. The maximum absolute atomic E-state index is 11.7. The lowest BCUT2D eigenvalue weighted by molar-refractivity contribution is -0.143. The monoisotopic (exact) mass is 397 g/mol. The van der Waals surface area contributed by atoms with Crippen LogP contribution < -0.4 is 5.32 Å². The van der Waals surface area contributed by atoms with E-state index in [4.69, 9.17) is 9.47 Å². The molecule has 1 rings (SSSR count). The Morgan fingerprint density at radius 3 is 2.32 bits per heavy atom. The molecular formula is C24H47NO3. The summed E-state index contributed by atoms with van der Waals surface area (Å²) in [5.41, 5.74) is 0. The van der Waals surface area contributed by atoms with Crippen LogP contribution in [0, 0.1) is 0 Å². The summed E-state index contributed by atoms with van der Waals surface area (Å²) in [7, 11) is 1.83. The molecule has 166 valence electrons.